The highest BCUT2D eigenvalue weighted by atomic mass is 16.5. The molecular formula is C44H82N2O7. The molecule has 0 spiro atoms. The Morgan fingerprint density at radius 3 is 1.49 bits per heavy atom. The molecule has 0 heterocycles. The molecule has 9 heteroatoms. The van der Waals surface area contributed by atoms with E-state index in [-0.39, 0.29) is 24.5 Å². The van der Waals surface area contributed by atoms with Gasteiger partial charge in [0.1, 0.15) is 12.1 Å². The van der Waals surface area contributed by atoms with Gasteiger partial charge in [0.2, 0.25) is 11.8 Å². The Kier molecular flexibility index (Phi) is 37.5. The smallest absolute Gasteiger partial charge is 0.328 e. The molecule has 9 nitrogen and oxygen atoms in total. The van der Waals surface area contributed by atoms with Crippen LogP contribution >= 0.6 is 0 Å². The first kappa shape index (κ1) is 50.6. The Balaban J connectivity index is 4.28. The molecule has 0 rings (SSSR count). The van der Waals surface area contributed by atoms with Crippen molar-refractivity contribution in [2.24, 2.45) is 0 Å². The number of allylic oxidation sites excluding steroid dienone is 2. The number of rotatable bonds is 40. The van der Waals surface area contributed by atoms with Crippen molar-refractivity contribution in [1.29, 1.82) is 0 Å². The highest BCUT2D eigenvalue weighted by Gasteiger charge is 2.19. The summed E-state index contributed by atoms with van der Waals surface area (Å²) < 4.78 is 6.02. The minimum Gasteiger partial charge on any atom is -0.480 e. The first-order valence-electron chi connectivity index (χ1n) is 22.1. The minimum atomic E-state index is -1.38. The summed E-state index contributed by atoms with van der Waals surface area (Å²) in [5.74, 6) is -2.29. The van der Waals surface area contributed by atoms with Crippen LogP contribution in [0.15, 0.2) is 12.2 Å². The highest BCUT2D eigenvalue weighted by Crippen LogP contribution is 2.19. The number of unbranched alkanes of at least 4 members (excludes halogenated alkanes) is 24. The number of amides is 2. The van der Waals surface area contributed by atoms with Gasteiger partial charge in [-0.3, -0.25) is 14.4 Å². The summed E-state index contributed by atoms with van der Waals surface area (Å²) in [6.45, 7) is 3.44. The van der Waals surface area contributed by atoms with Crippen molar-refractivity contribution in [3.8, 4) is 0 Å². The molecule has 2 unspecified atom stereocenters. The molecular weight excluding hydrogens is 668 g/mol. The summed E-state index contributed by atoms with van der Waals surface area (Å²) >= 11 is 0. The SMILES string of the molecule is CCC/C=C\CCCCCCCC(=O)OC(CCCCCCCCCCCCCCCCC)CCCCCCCC(=O)NCC(=O)NC(CO)C(=O)O. The van der Waals surface area contributed by atoms with E-state index >= 15 is 0 Å². The summed E-state index contributed by atoms with van der Waals surface area (Å²) in [5.41, 5.74) is 0. The zero-order chi connectivity index (χ0) is 39.0. The van der Waals surface area contributed by atoms with Crippen molar-refractivity contribution < 1.29 is 34.1 Å². The molecule has 2 amide bonds. The van der Waals surface area contributed by atoms with Crippen LogP contribution in [-0.4, -0.2) is 59.3 Å². The van der Waals surface area contributed by atoms with Gasteiger partial charge >= 0.3 is 11.9 Å². The van der Waals surface area contributed by atoms with Gasteiger partial charge in [-0.15, -0.1) is 0 Å². The third-order valence-electron chi connectivity index (χ3n) is 9.99. The molecule has 0 bridgehead atoms. The normalized spacial score (nSPS) is 12.5. The fourth-order valence-electron chi connectivity index (χ4n) is 6.60. The van der Waals surface area contributed by atoms with Crippen LogP contribution < -0.4 is 10.6 Å². The van der Waals surface area contributed by atoms with E-state index in [9.17, 15) is 19.2 Å². The average molecular weight is 751 g/mol. The van der Waals surface area contributed by atoms with Crippen molar-refractivity contribution in [1.82, 2.24) is 10.6 Å². The maximum absolute atomic E-state index is 12.7. The number of aliphatic carboxylic acids is 1. The van der Waals surface area contributed by atoms with Crippen molar-refractivity contribution in [2.45, 2.75) is 231 Å². The van der Waals surface area contributed by atoms with E-state index < -0.39 is 24.5 Å². The van der Waals surface area contributed by atoms with Crippen LogP contribution in [0.25, 0.3) is 0 Å². The van der Waals surface area contributed by atoms with Gasteiger partial charge in [0, 0.05) is 12.8 Å². The van der Waals surface area contributed by atoms with Crippen LogP contribution in [0, 0.1) is 0 Å². The van der Waals surface area contributed by atoms with Crippen LogP contribution in [0.5, 0.6) is 0 Å². The number of aliphatic hydroxyl groups excluding tert-OH is 1. The summed E-state index contributed by atoms with van der Waals surface area (Å²) in [5, 5.41) is 22.6. The lowest BCUT2D eigenvalue weighted by Crippen LogP contribution is -2.47. The molecule has 0 aromatic heterocycles. The van der Waals surface area contributed by atoms with Gasteiger partial charge in [-0.2, -0.15) is 0 Å². The van der Waals surface area contributed by atoms with E-state index in [1.165, 1.54) is 122 Å². The van der Waals surface area contributed by atoms with E-state index in [1.807, 2.05) is 0 Å². The number of nitrogens with one attached hydrogen (secondary N) is 2. The summed E-state index contributed by atoms with van der Waals surface area (Å²) in [4.78, 5) is 47.5. The van der Waals surface area contributed by atoms with Gasteiger partial charge in [-0.25, -0.2) is 4.79 Å². The molecule has 0 aliphatic heterocycles. The van der Waals surface area contributed by atoms with E-state index in [4.69, 9.17) is 14.9 Å². The van der Waals surface area contributed by atoms with Crippen LogP contribution in [0.1, 0.15) is 219 Å². The number of carboxylic acids is 1. The molecule has 0 saturated carbocycles. The fourth-order valence-corrected chi connectivity index (χ4v) is 6.60. The molecule has 0 saturated heterocycles. The Hall–Kier alpha value is -2.42. The first-order chi connectivity index (χ1) is 25.8. The molecule has 0 radical (unpaired) electrons. The third kappa shape index (κ3) is 36.3. The van der Waals surface area contributed by atoms with Crippen molar-refractivity contribution in [3.63, 3.8) is 0 Å². The lowest BCUT2D eigenvalue weighted by Gasteiger charge is -2.18. The predicted octanol–water partition coefficient (Wildman–Crippen LogP) is 10.7. The van der Waals surface area contributed by atoms with Gasteiger partial charge in [-0.05, 0) is 57.8 Å². The molecule has 0 fully saturated rings. The first-order valence-corrected chi connectivity index (χ1v) is 22.1. The van der Waals surface area contributed by atoms with Crippen LogP contribution in [0.2, 0.25) is 0 Å². The Labute approximate surface area is 324 Å². The van der Waals surface area contributed by atoms with Crippen molar-refractivity contribution in [3.05, 3.63) is 12.2 Å². The number of carbonyl (C=O) groups excluding carboxylic acids is 3. The highest BCUT2D eigenvalue weighted by molar-refractivity contribution is 5.87. The number of esters is 1. The van der Waals surface area contributed by atoms with Gasteiger partial charge in [0.25, 0.3) is 0 Å². The maximum atomic E-state index is 12.7. The predicted molar refractivity (Wildman–Crippen MR) is 218 cm³/mol. The molecule has 310 valence electrons. The topological polar surface area (TPSA) is 142 Å². The van der Waals surface area contributed by atoms with Crippen LogP contribution in [0.4, 0.5) is 0 Å². The lowest BCUT2D eigenvalue weighted by molar-refractivity contribution is -0.150. The summed E-state index contributed by atoms with van der Waals surface area (Å²) in [7, 11) is 0. The van der Waals surface area contributed by atoms with Crippen LogP contribution in [-0.2, 0) is 23.9 Å². The minimum absolute atomic E-state index is 0.0112. The lowest BCUT2D eigenvalue weighted by atomic mass is 10.0. The van der Waals surface area contributed by atoms with Gasteiger partial charge < -0.3 is 25.6 Å². The van der Waals surface area contributed by atoms with Gasteiger partial charge in [-0.1, -0.05) is 161 Å². The molecule has 0 aliphatic carbocycles. The van der Waals surface area contributed by atoms with E-state index in [0.717, 1.165) is 64.2 Å². The molecule has 53 heavy (non-hydrogen) atoms. The zero-order valence-electron chi connectivity index (χ0n) is 34.3. The number of hydrogen-bond acceptors (Lipinski definition) is 6. The Morgan fingerprint density at radius 2 is 1.00 bits per heavy atom. The Morgan fingerprint density at radius 1 is 0.547 bits per heavy atom. The number of aliphatic hydroxyl groups is 1. The quantitative estimate of drug-likeness (QED) is 0.0277. The van der Waals surface area contributed by atoms with Crippen LogP contribution in [0.3, 0.4) is 0 Å². The maximum Gasteiger partial charge on any atom is 0.328 e. The van der Waals surface area contributed by atoms with Gasteiger partial charge in [0.05, 0.1) is 13.2 Å². The molecule has 0 aliphatic rings. The number of hydrogen-bond donors (Lipinski definition) is 4. The largest absolute Gasteiger partial charge is 0.480 e. The number of carbonyl (C=O) groups is 4. The molecule has 0 aromatic rings. The summed E-state index contributed by atoms with van der Waals surface area (Å²) in [6, 6.07) is -1.38. The van der Waals surface area contributed by atoms with E-state index in [0.29, 0.717) is 19.3 Å². The summed E-state index contributed by atoms with van der Waals surface area (Å²) in [6.07, 6.45) is 41.0. The van der Waals surface area contributed by atoms with E-state index in [1.54, 1.807) is 0 Å². The standard InChI is InChI=1S/C44H82N2O7/c1-3-5-7-9-11-13-15-16-17-18-19-20-22-25-29-33-39(53-43(50)36-32-28-23-21-14-12-10-8-6-4-2)34-30-26-24-27-31-35-41(48)45-37-42(49)46-40(38-47)44(51)52/h8,10,39-40,47H,3-7,9,11-38H2,1-2H3,(H,45,48)(H,46,49)(H,51,52)/b10-8-. The van der Waals surface area contributed by atoms with Gasteiger partial charge in [0.15, 0.2) is 0 Å². The average Bonchev–Trinajstić information content (AvgIpc) is 3.14. The second-order valence-corrected chi connectivity index (χ2v) is 15.1. The molecule has 0 aromatic carbocycles. The molecule has 4 N–H and O–H groups in total. The van der Waals surface area contributed by atoms with E-state index in [2.05, 4.69) is 36.6 Å². The second kappa shape index (κ2) is 39.3. The zero-order valence-corrected chi connectivity index (χ0v) is 34.3. The number of carboxylic acid groups (broad SMARTS) is 1. The molecule has 2 atom stereocenters. The monoisotopic (exact) mass is 751 g/mol. The fraction of sp³-hybridized carbons (Fsp3) is 0.864. The van der Waals surface area contributed by atoms with Crippen molar-refractivity contribution in [2.75, 3.05) is 13.2 Å². The number of ether oxygens (including phenoxy) is 1. The Bertz CT molecular complexity index is 910. The second-order valence-electron chi connectivity index (χ2n) is 15.1. The van der Waals surface area contributed by atoms with Crippen molar-refractivity contribution >= 4 is 23.8 Å². The third-order valence-corrected chi connectivity index (χ3v) is 9.99.